The molecule has 3 rings (SSSR count). The lowest BCUT2D eigenvalue weighted by Gasteiger charge is -2.32. The van der Waals surface area contributed by atoms with Gasteiger partial charge in [-0.05, 0) is 44.0 Å². The monoisotopic (exact) mass is 281 g/mol. The summed E-state index contributed by atoms with van der Waals surface area (Å²) in [5.74, 6) is 1.57. The Labute approximate surface area is 127 Å². The number of benzene rings is 2. The van der Waals surface area contributed by atoms with Crippen molar-refractivity contribution in [3.8, 4) is 5.75 Å². The highest BCUT2D eigenvalue weighted by atomic mass is 16.5. The van der Waals surface area contributed by atoms with Crippen molar-refractivity contribution in [3.63, 3.8) is 0 Å². The van der Waals surface area contributed by atoms with Gasteiger partial charge in [-0.1, -0.05) is 48.0 Å². The van der Waals surface area contributed by atoms with E-state index in [1.54, 1.807) is 0 Å². The van der Waals surface area contributed by atoms with Crippen LogP contribution in [-0.4, -0.2) is 19.7 Å². The van der Waals surface area contributed by atoms with Gasteiger partial charge in [0, 0.05) is 12.0 Å². The topological polar surface area (TPSA) is 21.3 Å². The summed E-state index contributed by atoms with van der Waals surface area (Å²) in [6, 6.07) is 17.8. The molecule has 2 nitrogen and oxygen atoms in total. The molecule has 2 heteroatoms. The summed E-state index contributed by atoms with van der Waals surface area (Å²) in [4.78, 5) is 0. The van der Waals surface area contributed by atoms with Gasteiger partial charge in [-0.2, -0.15) is 0 Å². The van der Waals surface area contributed by atoms with Crippen molar-refractivity contribution in [1.29, 1.82) is 0 Å². The molecule has 2 aromatic rings. The Morgan fingerprint density at radius 2 is 1.90 bits per heavy atom. The number of hydrogen-bond donors (Lipinski definition) is 1. The Hall–Kier alpha value is -1.80. The molecule has 0 aliphatic carbocycles. The Bertz CT molecular complexity index is 591. The first-order valence-electron chi connectivity index (χ1n) is 7.72. The summed E-state index contributed by atoms with van der Waals surface area (Å²) in [6.07, 6.45) is 2.13. The van der Waals surface area contributed by atoms with E-state index in [2.05, 4.69) is 67.8 Å². The molecule has 2 unspecified atom stereocenters. The molecular formula is C19H23NO. The predicted molar refractivity (Wildman–Crippen MR) is 87.0 cm³/mol. The molecule has 0 spiro atoms. The van der Waals surface area contributed by atoms with E-state index in [1.165, 1.54) is 16.7 Å². The number of fused-ring (bicyclic) bond motifs is 1. The van der Waals surface area contributed by atoms with Gasteiger partial charge >= 0.3 is 0 Å². The Morgan fingerprint density at radius 3 is 2.67 bits per heavy atom. The third-order valence-corrected chi connectivity index (χ3v) is 4.44. The first-order valence-corrected chi connectivity index (χ1v) is 7.72. The molecule has 2 atom stereocenters. The third kappa shape index (κ3) is 3.11. The van der Waals surface area contributed by atoms with Crippen molar-refractivity contribution in [2.24, 2.45) is 0 Å². The lowest BCUT2D eigenvalue weighted by molar-refractivity contribution is 0.247. The summed E-state index contributed by atoms with van der Waals surface area (Å²) in [6.45, 7) is 2.95. The highest BCUT2D eigenvalue weighted by molar-refractivity contribution is 5.39. The van der Waals surface area contributed by atoms with E-state index in [0.717, 1.165) is 25.2 Å². The van der Waals surface area contributed by atoms with Crippen LogP contribution in [0.15, 0.2) is 48.5 Å². The number of para-hydroxylation sites is 1. The minimum Gasteiger partial charge on any atom is -0.493 e. The average Bonchev–Trinajstić information content (AvgIpc) is 2.54. The average molecular weight is 281 g/mol. The van der Waals surface area contributed by atoms with Crippen LogP contribution in [0.1, 0.15) is 29.0 Å². The molecule has 110 valence electrons. The van der Waals surface area contributed by atoms with Crippen LogP contribution in [0.2, 0.25) is 0 Å². The van der Waals surface area contributed by atoms with E-state index >= 15 is 0 Å². The maximum atomic E-state index is 5.79. The SMILES string of the molecule is CNC(Cc1ccc(C)cc1)C1CCOc2ccccc21. The van der Waals surface area contributed by atoms with E-state index in [1.807, 2.05) is 0 Å². The molecule has 0 saturated carbocycles. The first-order chi connectivity index (χ1) is 10.3. The van der Waals surface area contributed by atoms with E-state index in [-0.39, 0.29) is 0 Å². The molecule has 0 radical (unpaired) electrons. The van der Waals surface area contributed by atoms with Gasteiger partial charge in [-0.15, -0.1) is 0 Å². The van der Waals surface area contributed by atoms with Crippen LogP contribution in [0.4, 0.5) is 0 Å². The van der Waals surface area contributed by atoms with Crippen LogP contribution in [0.5, 0.6) is 5.75 Å². The van der Waals surface area contributed by atoms with Gasteiger partial charge in [-0.3, -0.25) is 0 Å². The fourth-order valence-electron chi connectivity index (χ4n) is 3.21. The molecule has 0 amide bonds. The standard InChI is InChI=1S/C19H23NO/c1-14-7-9-15(10-8-14)13-18(20-2)16-11-12-21-19-6-4-3-5-17(16)19/h3-10,16,18,20H,11-13H2,1-2H3. The van der Waals surface area contributed by atoms with Crippen molar-refractivity contribution in [3.05, 3.63) is 65.2 Å². The van der Waals surface area contributed by atoms with E-state index < -0.39 is 0 Å². The number of rotatable bonds is 4. The van der Waals surface area contributed by atoms with Crippen molar-refractivity contribution in [2.75, 3.05) is 13.7 Å². The highest BCUT2D eigenvalue weighted by Crippen LogP contribution is 2.36. The second kappa shape index (κ2) is 6.31. The Morgan fingerprint density at radius 1 is 1.14 bits per heavy atom. The molecule has 1 aliphatic heterocycles. The van der Waals surface area contributed by atoms with Crippen LogP contribution in [-0.2, 0) is 6.42 Å². The fraction of sp³-hybridized carbons (Fsp3) is 0.368. The van der Waals surface area contributed by atoms with Gasteiger partial charge in [0.25, 0.3) is 0 Å². The van der Waals surface area contributed by atoms with Gasteiger partial charge in [0.1, 0.15) is 5.75 Å². The molecule has 1 aliphatic rings. The van der Waals surface area contributed by atoms with E-state index in [4.69, 9.17) is 4.74 Å². The summed E-state index contributed by atoms with van der Waals surface area (Å²) >= 11 is 0. The van der Waals surface area contributed by atoms with Gasteiger partial charge in [0.15, 0.2) is 0 Å². The van der Waals surface area contributed by atoms with Gasteiger partial charge in [0.2, 0.25) is 0 Å². The number of aryl methyl sites for hydroxylation is 1. The summed E-state index contributed by atoms with van der Waals surface area (Å²) in [7, 11) is 2.07. The maximum Gasteiger partial charge on any atom is 0.122 e. The van der Waals surface area contributed by atoms with Crippen molar-refractivity contribution >= 4 is 0 Å². The number of nitrogens with one attached hydrogen (secondary N) is 1. The summed E-state index contributed by atoms with van der Waals surface area (Å²) in [5, 5.41) is 3.52. The maximum absolute atomic E-state index is 5.79. The van der Waals surface area contributed by atoms with Crippen LogP contribution < -0.4 is 10.1 Å². The summed E-state index contributed by atoms with van der Waals surface area (Å²) < 4.78 is 5.79. The lowest BCUT2D eigenvalue weighted by Crippen LogP contribution is -2.36. The molecule has 2 aromatic carbocycles. The van der Waals surface area contributed by atoms with Gasteiger partial charge in [-0.25, -0.2) is 0 Å². The molecule has 0 aromatic heterocycles. The van der Waals surface area contributed by atoms with E-state index in [0.29, 0.717) is 12.0 Å². The van der Waals surface area contributed by atoms with Crippen molar-refractivity contribution in [2.45, 2.75) is 31.7 Å². The largest absolute Gasteiger partial charge is 0.493 e. The van der Waals surface area contributed by atoms with Crippen LogP contribution in [0, 0.1) is 6.92 Å². The molecule has 1 heterocycles. The van der Waals surface area contributed by atoms with Crippen LogP contribution in [0.25, 0.3) is 0 Å². The second-order valence-corrected chi connectivity index (χ2v) is 5.87. The molecule has 0 bridgehead atoms. The second-order valence-electron chi connectivity index (χ2n) is 5.87. The van der Waals surface area contributed by atoms with Crippen molar-refractivity contribution < 1.29 is 4.74 Å². The fourth-order valence-corrected chi connectivity index (χ4v) is 3.21. The molecule has 0 saturated heterocycles. The Balaban J connectivity index is 1.82. The zero-order chi connectivity index (χ0) is 14.7. The smallest absolute Gasteiger partial charge is 0.122 e. The van der Waals surface area contributed by atoms with Crippen LogP contribution in [0.3, 0.4) is 0 Å². The zero-order valence-corrected chi connectivity index (χ0v) is 12.8. The lowest BCUT2D eigenvalue weighted by atomic mass is 9.83. The third-order valence-electron chi connectivity index (χ3n) is 4.44. The summed E-state index contributed by atoms with van der Waals surface area (Å²) in [5.41, 5.74) is 4.05. The highest BCUT2D eigenvalue weighted by Gasteiger charge is 2.27. The molecule has 0 fully saturated rings. The predicted octanol–water partition coefficient (Wildman–Crippen LogP) is 3.69. The number of hydrogen-bond acceptors (Lipinski definition) is 2. The van der Waals surface area contributed by atoms with Crippen molar-refractivity contribution in [1.82, 2.24) is 5.32 Å². The first kappa shape index (κ1) is 14.2. The van der Waals surface area contributed by atoms with Crippen LogP contribution >= 0.6 is 0 Å². The van der Waals surface area contributed by atoms with E-state index in [9.17, 15) is 0 Å². The Kier molecular flexibility index (Phi) is 4.26. The van der Waals surface area contributed by atoms with Gasteiger partial charge in [0.05, 0.1) is 6.61 Å². The number of ether oxygens (including phenoxy) is 1. The normalized spacial score (nSPS) is 18.7. The molecule has 21 heavy (non-hydrogen) atoms. The molecular weight excluding hydrogens is 258 g/mol. The minimum atomic E-state index is 0.442. The number of likely N-dealkylation sites (N-methyl/N-ethyl adjacent to an activating group) is 1. The van der Waals surface area contributed by atoms with Gasteiger partial charge < -0.3 is 10.1 Å². The quantitative estimate of drug-likeness (QED) is 0.923. The zero-order valence-electron chi connectivity index (χ0n) is 12.8. The minimum absolute atomic E-state index is 0.442. The molecule has 1 N–H and O–H groups in total.